The molecule has 186 valence electrons. The van der Waals surface area contributed by atoms with E-state index in [0.29, 0.717) is 44.7 Å². The summed E-state index contributed by atoms with van der Waals surface area (Å²) in [5, 5.41) is 0. The normalized spacial score (nSPS) is 15.5. The van der Waals surface area contributed by atoms with Crippen LogP contribution in [0.3, 0.4) is 0 Å². The number of fused-ring (bicyclic) bond motifs is 1. The van der Waals surface area contributed by atoms with E-state index in [1.54, 1.807) is 9.80 Å². The Morgan fingerprint density at radius 2 is 1.83 bits per heavy atom. The highest BCUT2D eigenvalue weighted by Gasteiger charge is 2.28. The van der Waals surface area contributed by atoms with Crippen LogP contribution in [0.25, 0.3) is 0 Å². The molecule has 1 aromatic carbocycles. The number of hydrogen-bond donors (Lipinski definition) is 0. The maximum Gasteiger partial charge on any atom is 0.343 e. The van der Waals surface area contributed by atoms with E-state index in [-0.39, 0.29) is 48.3 Å². The Labute approximate surface area is 204 Å². The molecule has 1 fully saturated rings. The summed E-state index contributed by atoms with van der Waals surface area (Å²) in [6.07, 6.45) is 1.96. The molecule has 0 unspecified atom stereocenters. The van der Waals surface area contributed by atoms with Crippen molar-refractivity contribution in [1.82, 2.24) is 14.4 Å². The molecule has 2 amide bonds. The first-order valence-electron chi connectivity index (χ1n) is 12.0. The lowest BCUT2D eigenvalue weighted by Crippen LogP contribution is -2.35. The molecule has 35 heavy (non-hydrogen) atoms. The number of aromatic nitrogens is 1. The van der Waals surface area contributed by atoms with Gasteiger partial charge < -0.3 is 23.8 Å². The van der Waals surface area contributed by atoms with Crippen LogP contribution in [0, 0.1) is 6.92 Å². The first-order valence-corrected chi connectivity index (χ1v) is 12.0. The Morgan fingerprint density at radius 3 is 2.54 bits per heavy atom. The van der Waals surface area contributed by atoms with Gasteiger partial charge in [-0.15, -0.1) is 0 Å². The number of likely N-dealkylation sites (tertiary alicyclic amines) is 1. The fourth-order valence-electron chi connectivity index (χ4n) is 4.72. The summed E-state index contributed by atoms with van der Waals surface area (Å²) >= 11 is 0. The fraction of sp³-hybridized carbons (Fsp3) is 0.462. The number of nitrogens with zero attached hydrogens (tertiary/aromatic N) is 3. The van der Waals surface area contributed by atoms with Crippen LogP contribution < -0.4 is 10.3 Å². The highest BCUT2D eigenvalue weighted by molar-refractivity contribution is 5.93. The third-order valence-electron chi connectivity index (χ3n) is 6.73. The SMILES string of the molecule is COC(=O)c1c(OCCN2CCCC2=O)cc(=O)n2c1CCN(C(=O)Cc1ccccc1C)CC2. The van der Waals surface area contributed by atoms with Crippen molar-refractivity contribution in [3.63, 3.8) is 0 Å². The van der Waals surface area contributed by atoms with Gasteiger partial charge in [0.2, 0.25) is 11.8 Å². The quantitative estimate of drug-likeness (QED) is 0.557. The molecule has 9 heteroatoms. The second kappa shape index (κ2) is 10.8. The summed E-state index contributed by atoms with van der Waals surface area (Å²) in [5.41, 5.74) is 2.43. The van der Waals surface area contributed by atoms with E-state index in [0.717, 1.165) is 17.5 Å². The number of rotatable bonds is 7. The Morgan fingerprint density at radius 1 is 1.03 bits per heavy atom. The minimum absolute atomic E-state index is 0.0217. The molecule has 1 saturated heterocycles. The van der Waals surface area contributed by atoms with Gasteiger partial charge in [0.05, 0.1) is 20.1 Å². The smallest absolute Gasteiger partial charge is 0.343 e. The topological polar surface area (TPSA) is 98.2 Å². The fourth-order valence-corrected chi connectivity index (χ4v) is 4.72. The van der Waals surface area contributed by atoms with Gasteiger partial charge in [-0.3, -0.25) is 14.4 Å². The van der Waals surface area contributed by atoms with Crippen molar-refractivity contribution in [2.75, 3.05) is 39.9 Å². The Hall–Kier alpha value is -3.62. The summed E-state index contributed by atoms with van der Waals surface area (Å²) < 4.78 is 12.4. The van der Waals surface area contributed by atoms with Crippen molar-refractivity contribution in [2.24, 2.45) is 0 Å². The molecule has 2 aromatic rings. The van der Waals surface area contributed by atoms with Crippen LogP contribution in [-0.4, -0.2) is 72.0 Å². The van der Waals surface area contributed by atoms with Gasteiger partial charge >= 0.3 is 5.97 Å². The second-order valence-corrected chi connectivity index (χ2v) is 8.88. The number of pyridine rings is 1. The standard InChI is InChI=1S/C26H31N3O6/c1-18-6-3-4-7-19(18)16-23(31)28-11-9-20-25(26(33)34-2)21(17-24(32)29(20)13-12-28)35-15-14-27-10-5-8-22(27)30/h3-4,6-7,17H,5,8-16H2,1-2H3. The lowest BCUT2D eigenvalue weighted by molar-refractivity contribution is -0.130. The molecule has 0 N–H and O–H groups in total. The molecule has 2 aliphatic rings. The van der Waals surface area contributed by atoms with Gasteiger partial charge in [-0.1, -0.05) is 24.3 Å². The van der Waals surface area contributed by atoms with E-state index in [9.17, 15) is 19.2 Å². The van der Waals surface area contributed by atoms with Crippen LogP contribution in [0.4, 0.5) is 0 Å². The van der Waals surface area contributed by atoms with Gasteiger partial charge in [0.15, 0.2) is 0 Å². The van der Waals surface area contributed by atoms with Crippen molar-refractivity contribution in [1.29, 1.82) is 0 Å². The number of hydrogen-bond acceptors (Lipinski definition) is 6. The third-order valence-corrected chi connectivity index (χ3v) is 6.73. The molecule has 3 heterocycles. The molecular weight excluding hydrogens is 450 g/mol. The predicted molar refractivity (Wildman–Crippen MR) is 129 cm³/mol. The number of methoxy groups -OCH3 is 1. The zero-order valence-electron chi connectivity index (χ0n) is 20.2. The van der Waals surface area contributed by atoms with Crippen LogP contribution >= 0.6 is 0 Å². The number of ether oxygens (including phenoxy) is 2. The lowest BCUT2D eigenvalue weighted by atomic mass is 10.1. The van der Waals surface area contributed by atoms with Crippen molar-refractivity contribution in [3.05, 3.63) is 63.1 Å². The zero-order valence-corrected chi connectivity index (χ0v) is 20.2. The van der Waals surface area contributed by atoms with E-state index in [2.05, 4.69) is 0 Å². The molecule has 4 rings (SSSR count). The number of carbonyl (C=O) groups excluding carboxylic acids is 3. The molecular formula is C26H31N3O6. The number of benzene rings is 1. The van der Waals surface area contributed by atoms with Gasteiger partial charge in [0.25, 0.3) is 5.56 Å². The number of aryl methyl sites for hydroxylation is 1. The third kappa shape index (κ3) is 5.39. The Kier molecular flexibility index (Phi) is 7.53. The highest BCUT2D eigenvalue weighted by atomic mass is 16.5. The average Bonchev–Trinajstić information content (AvgIpc) is 3.11. The van der Waals surface area contributed by atoms with E-state index in [1.165, 1.54) is 17.7 Å². The summed E-state index contributed by atoms with van der Waals surface area (Å²) in [6.45, 7) is 4.24. The first kappa shape index (κ1) is 24.5. The van der Waals surface area contributed by atoms with Gasteiger partial charge in [0, 0.05) is 50.8 Å². The maximum absolute atomic E-state index is 13.0. The molecule has 0 radical (unpaired) electrons. The highest BCUT2D eigenvalue weighted by Crippen LogP contribution is 2.24. The van der Waals surface area contributed by atoms with Crippen molar-refractivity contribution in [3.8, 4) is 5.75 Å². The second-order valence-electron chi connectivity index (χ2n) is 8.88. The number of carbonyl (C=O) groups is 3. The summed E-state index contributed by atoms with van der Waals surface area (Å²) in [7, 11) is 1.28. The van der Waals surface area contributed by atoms with E-state index >= 15 is 0 Å². The maximum atomic E-state index is 13.0. The lowest BCUT2D eigenvalue weighted by Gasteiger charge is -2.20. The molecule has 0 spiro atoms. The molecule has 0 bridgehead atoms. The van der Waals surface area contributed by atoms with Gasteiger partial charge in [-0.05, 0) is 24.5 Å². The van der Waals surface area contributed by atoms with Crippen molar-refractivity contribution >= 4 is 17.8 Å². The predicted octanol–water partition coefficient (Wildman–Crippen LogP) is 1.57. The molecule has 0 atom stereocenters. The first-order chi connectivity index (χ1) is 16.9. The average molecular weight is 482 g/mol. The van der Waals surface area contributed by atoms with Gasteiger partial charge in [-0.2, -0.15) is 0 Å². The number of amides is 2. The van der Waals surface area contributed by atoms with E-state index < -0.39 is 5.97 Å². The largest absolute Gasteiger partial charge is 0.491 e. The number of esters is 1. The Bertz CT molecular complexity index is 1190. The summed E-state index contributed by atoms with van der Waals surface area (Å²) in [5.74, 6) is -0.383. The summed E-state index contributed by atoms with van der Waals surface area (Å²) in [6, 6.07) is 9.07. The van der Waals surface area contributed by atoms with E-state index in [4.69, 9.17) is 9.47 Å². The minimum Gasteiger partial charge on any atom is -0.491 e. The minimum atomic E-state index is -0.597. The van der Waals surface area contributed by atoms with Gasteiger partial charge in [0.1, 0.15) is 17.9 Å². The van der Waals surface area contributed by atoms with Crippen LogP contribution in [0.15, 0.2) is 35.1 Å². The molecule has 2 aliphatic heterocycles. The van der Waals surface area contributed by atoms with Crippen LogP contribution in [-0.2, 0) is 33.7 Å². The van der Waals surface area contributed by atoms with Gasteiger partial charge in [-0.25, -0.2) is 4.79 Å². The van der Waals surface area contributed by atoms with Crippen LogP contribution in [0.1, 0.15) is 40.0 Å². The summed E-state index contributed by atoms with van der Waals surface area (Å²) in [4.78, 5) is 54.0. The molecule has 1 aromatic heterocycles. The van der Waals surface area contributed by atoms with Crippen LogP contribution in [0.5, 0.6) is 5.75 Å². The molecule has 9 nitrogen and oxygen atoms in total. The van der Waals surface area contributed by atoms with Crippen molar-refractivity contribution < 1.29 is 23.9 Å². The molecule has 0 aliphatic carbocycles. The monoisotopic (exact) mass is 481 g/mol. The van der Waals surface area contributed by atoms with Crippen molar-refractivity contribution in [2.45, 2.75) is 39.2 Å². The van der Waals surface area contributed by atoms with E-state index in [1.807, 2.05) is 31.2 Å². The zero-order chi connectivity index (χ0) is 24.9. The Balaban J connectivity index is 1.53. The molecule has 0 saturated carbocycles. The van der Waals surface area contributed by atoms with Crippen LogP contribution in [0.2, 0.25) is 0 Å².